The van der Waals surface area contributed by atoms with Crippen LogP contribution in [0.15, 0.2) is 48.4 Å². The van der Waals surface area contributed by atoms with E-state index in [2.05, 4.69) is 6.58 Å². The Morgan fingerprint density at radius 1 is 1.23 bits per heavy atom. The van der Waals surface area contributed by atoms with E-state index in [0.29, 0.717) is 31.0 Å². The largest absolute Gasteiger partial charge is 0.454 e. The minimum Gasteiger partial charge on any atom is -0.454 e. The van der Waals surface area contributed by atoms with Gasteiger partial charge >= 0.3 is 0 Å². The highest BCUT2D eigenvalue weighted by atomic mass is 32.2. The molecule has 3 rings (SSSR count). The first-order valence-electron chi connectivity index (χ1n) is 10.2. The summed E-state index contributed by atoms with van der Waals surface area (Å²) in [5.41, 5.74) is 0.887. The molecule has 0 aliphatic carbocycles. The molecule has 0 bridgehead atoms. The molecule has 2 aromatic rings. The van der Waals surface area contributed by atoms with E-state index in [4.69, 9.17) is 9.47 Å². The normalized spacial score (nSPS) is 12.8. The van der Waals surface area contributed by atoms with Gasteiger partial charge in [-0.3, -0.25) is 4.79 Å². The number of carbonyl (C=O) groups excluding carboxylic acids is 1. The number of sulfonamides is 1. The molecule has 1 aromatic carbocycles. The number of nitrogens with zero attached hydrogens (tertiary/aromatic N) is 2. The molecule has 168 valence electrons. The number of benzene rings is 1. The maximum Gasteiger partial charge on any atom is 0.238 e. The number of thiophene rings is 1. The molecule has 1 amide bonds. The topological polar surface area (TPSA) is 76.2 Å². The van der Waals surface area contributed by atoms with E-state index >= 15 is 0 Å². The predicted octanol–water partition coefficient (Wildman–Crippen LogP) is 3.62. The zero-order chi connectivity index (χ0) is 22.3. The van der Waals surface area contributed by atoms with Gasteiger partial charge in [-0.1, -0.05) is 31.6 Å². The van der Waals surface area contributed by atoms with E-state index in [-0.39, 0.29) is 31.5 Å². The molecule has 0 N–H and O–H groups in total. The zero-order valence-corrected chi connectivity index (χ0v) is 19.3. The molecule has 31 heavy (non-hydrogen) atoms. The van der Waals surface area contributed by atoms with Crippen molar-refractivity contribution in [3.05, 3.63) is 58.8 Å². The molecular weight excluding hydrogens is 436 g/mol. The van der Waals surface area contributed by atoms with Crippen molar-refractivity contribution in [1.82, 2.24) is 9.21 Å². The highest BCUT2D eigenvalue weighted by molar-refractivity contribution is 7.89. The number of ether oxygens (including phenoxy) is 2. The van der Waals surface area contributed by atoms with Crippen molar-refractivity contribution in [3.8, 4) is 11.5 Å². The molecule has 0 atom stereocenters. The maximum absolute atomic E-state index is 13.2. The summed E-state index contributed by atoms with van der Waals surface area (Å²) in [6.07, 6.45) is 2.84. The highest BCUT2D eigenvalue weighted by Gasteiger charge is 2.26. The molecular formula is C22H28N2O5S2. The molecule has 0 spiro atoms. The first-order chi connectivity index (χ1) is 14.9. The van der Waals surface area contributed by atoms with Gasteiger partial charge in [-0.25, -0.2) is 8.42 Å². The van der Waals surface area contributed by atoms with Crippen molar-refractivity contribution in [2.75, 3.05) is 25.6 Å². The third-order valence-corrected chi connectivity index (χ3v) is 7.61. The summed E-state index contributed by atoms with van der Waals surface area (Å²) in [5.74, 6) is 1.10. The van der Waals surface area contributed by atoms with E-state index in [9.17, 15) is 13.2 Å². The maximum atomic E-state index is 13.2. The molecule has 9 heteroatoms. The van der Waals surface area contributed by atoms with Crippen molar-refractivity contribution in [2.45, 2.75) is 32.9 Å². The highest BCUT2D eigenvalue weighted by Crippen LogP contribution is 2.33. The monoisotopic (exact) mass is 464 g/mol. The van der Waals surface area contributed by atoms with Crippen molar-refractivity contribution in [3.63, 3.8) is 0 Å². The lowest BCUT2D eigenvalue weighted by Crippen LogP contribution is -2.43. The average Bonchev–Trinajstić information content (AvgIpc) is 3.43. The lowest BCUT2D eigenvalue weighted by Gasteiger charge is -2.26. The van der Waals surface area contributed by atoms with Crippen molar-refractivity contribution < 1.29 is 22.7 Å². The molecule has 1 aliphatic heterocycles. The molecule has 1 aromatic heterocycles. The summed E-state index contributed by atoms with van der Waals surface area (Å²) in [5, 5.41) is 1.96. The lowest BCUT2D eigenvalue weighted by molar-refractivity contribution is -0.132. The number of amides is 1. The van der Waals surface area contributed by atoms with Crippen LogP contribution >= 0.6 is 11.3 Å². The van der Waals surface area contributed by atoms with E-state index in [1.165, 1.54) is 10.4 Å². The Bertz CT molecular complexity index is 989. The lowest BCUT2D eigenvalue weighted by atomic mass is 10.2. The van der Waals surface area contributed by atoms with Crippen LogP contribution in [0.1, 0.15) is 30.2 Å². The van der Waals surface area contributed by atoms with Crippen LogP contribution in [-0.4, -0.2) is 49.2 Å². The SMILES string of the molecule is C=CCN(CC(=O)N(Cc1ccc2c(c1)OCO2)Cc1cccs1)S(=O)(=O)CCCC. The fraction of sp³-hybridized carbons (Fsp3) is 0.409. The van der Waals surface area contributed by atoms with E-state index < -0.39 is 10.0 Å². The minimum atomic E-state index is -3.54. The van der Waals surface area contributed by atoms with E-state index in [1.54, 1.807) is 16.2 Å². The Balaban J connectivity index is 1.78. The molecule has 0 saturated carbocycles. The Hall–Kier alpha value is -2.36. The fourth-order valence-electron chi connectivity index (χ4n) is 3.21. The quantitative estimate of drug-likeness (QED) is 0.449. The van der Waals surface area contributed by atoms with Crippen LogP contribution in [0.5, 0.6) is 11.5 Å². The van der Waals surface area contributed by atoms with Gasteiger partial charge < -0.3 is 14.4 Å². The van der Waals surface area contributed by atoms with Crippen molar-refractivity contribution in [2.24, 2.45) is 0 Å². The molecule has 0 unspecified atom stereocenters. The van der Waals surface area contributed by atoms with Gasteiger partial charge in [0.1, 0.15) is 0 Å². The third kappa shape index (κ3) is 6.32. The number of unbranched alkanes of at least 4 members (excludes halogenated alkanes) is 1. The Kier molecular flexibility index (Phi) is 8.11. The van der Waals surface area contributed by atoms with Gasteiger partial charge in [0.2, 0.25) is 22.7 Å². The minimum absolute atomic E-state index is 0.0255. The van der Waals surface area contributed by atoms with E-state index in [1.807, 2.05) is 42.6 Å². The Labute approximate surface area is 187 Å². The second-order valence-electron chi connectivity index (χ2n) is 7.27. The molecule has 2 heterocycles. The first-order valence-corrected chi connectivity index (χ1v) is 12.7. The summed E-state index contributed by atoms with van der Waals surface area (Å²) in [7, 11) is -3.54. The summed E-state index contributed by atoms with van der Waals surface area (Å²) < 4.78 is 37.5. The number of hydrogen-bond donors (Lipinski definition) is 0. The van der Waals surface area contributed by atoms with Crippen LogP contribution in [0.25, 0.3) is 0 Å². The third-order valence-electron chi connectivity index (χ3n) is 4.88. The first kappa shape index (κ1) is 23.3. The Morgan fingerprint density at radius 2 is 2.03 bits per heavy atom. The second-order valence-corrected chi connectivity index (χ2v) is 10.4. The summed E-state index contributed by atoms with van der Waals surface area (Å²) in [6, 6.07) is 9.47. The van der Waals surface area contributed by atoms with Gasteiger partial charge in [0.05, 0.1) is 18.8 Å². The van der Waals surface area contributed by atoms with Crippen LogP contribution in [0.2, 0.25) is 0 Å². The molecule has 0 radical (unpaired) electrons. The van der Waals surface area contributed by atoms with Gasteiger partial charge in [0.25, 0.3) is 0 Å². The summed E-state index contributed by atoms with van der Waals surface area (Å²) in [4.78, 5) is 15.9. The smallest absolute Gasteiger partial charge is 0.238 e. The standard InChI is InChI=1S/C22H28N2O5S2/c1-3-5-12-31(26,27)24(10-4-2)16-22(25)23(15-19-7-6-11-30-19)14-18-8-9-20-21(13-18)29-17-28-20/h4,6-9,11,13H,2-3,5,10,12,14-17H2,1H3. The van der Waals surface area contributed by atoms with Crippen molar-refractivity contribution in [1.29, 1.82) is 0 Å². The average molecular weight is 465 g/mol. The van der Waals surface area contributed by atoms with Crippen LogP contribution in [0, 0.1) is 0 Å². The summed E-state index contributed by atoms with van der Waals surface area (Å²) >= 11 is 1.56. The van der Waals surface area contributed by atoms with Gasteiger partial charge in [-0.05, 0) is 35.6 Å². The number of fused-ring (bicyclic) bond motifs is 1. The van der Waals surface area contributed by atoms with Crippen LogP contribution in [-0.2, 0) is 27.9 Å². The van der Waals surface area contributed by atoms with Crippen molar-refractivity contribution >= 4 is 27.3 Å². The van der Waals surface area contributed by atoms with Gasteiger partial charge in [-0.2, -0.15) is 4.31 Å². The molecule has 0 saturated heterocycles. The fourth-order valence-corrected chi connectivity index (χ4v) is 5.48. The Morgan fingerprint density at radius 3 is 2.74 bits per heavy atom. The summed E-state index contributed by atoms with van der Waals surface area (Å²) in [6.45, 7) is 6.41. The molecule has 7 nitrogen and oxygen atoms in total. The second kappa shape index (κ2) is 10.8. The van der Waals surface area contributed by atoms with Crippen LogP contribution < -0.4 is 9.47 Å². The van der Waals surface area contributed by atoms with Crippen LogP contribution in [0.4, 0.5) is 0 Å². The van der Waals surface area contributed by atoms with Crippen LogP contribution in [0.3, 0.4) is 0 Å². The van der Waals surface area contributed by atoms with Gasteiger partial charge in [0, 0.05) is 18.0 Å². The predicted molar refractivity (Wildman–Crippen MR) is 122 cm³/mol. The van der Waals surface area contributed by atoms with Gasteiger partial charge in [-0.15, -0.1) is 17.9 Å². The number of carbonyl (C=O) groups is 1. The number of hydrogen-bond acceptors (Lipinski definition) is 6. The molecule has 1 aliphatic rings. The molecule has 0 fully saturated rings. The van der Waals surface area contributed by atoms with E-state index in [0.717, 1.165) is 16.9 Å². The van der Waals surface area contributed by atoms with Gasteiger partial charge in [0.15, 0.2) is 11.5 Å². The zero-order valence-electron chi connectivity index (χ0n) is 17.7. The number of rotatable bonds is 12.